The molecule has 3 N–H and O–H groups in total. The van der Waals surface area contributed by atoms with E-state index in [2.05, 4.69) is 10.6 Å². The summed E-state index contributed by atoms with van der Waals surface area (Å²) in [4.78, 5) is 34.5. The number of carbonyl (C=O) groups is 3. The number of hydrogen-bond donors (Lipinski definition) is 3. The van der Waals surface area contributed by atoms with E-state index in [1.165, 1.54) is 0 Å². The molecule has 150 valence electrons. The molecule has 0 aromatic heterocycles. The smallest absolute Gasteiger partial charge is 0.408 e. The Bertz CT molecular complexity index is 612. The van der Waals surface area contributed by atoms with Gasteiger partial charge in [-0.3, -0.25) is 0 Å². The number of alkyl carbamates (subject to hydrolysis) is 2. The van der Waals surface area contributed by atoms with Crippen molar-refractivity contribution in [3.63, 3.8) is 0 Å². The predicted molar refractivity (Wildman–Crippen MR) is 99.3 cm³/mol. The van der Waals surface area contributed by atoms with Gasteiger partial charge in [-0.25, -0.2) is 14.4 Å². The highest BCUT2D eigenvalue weighted by Gasteiger charge is 2.20. The van der Waals surface area contributed by atoms with Gasteiger partial charge in [0.15, 0.2) is 0 Å². The molecule has 0 bridgehead atoms. The third kappa shape index (κ3) is 10.7. The van der Waals surface area contributed by atoms with Crippen molar-refractivity contribution in [3.8, 4) is 0 Å². The molecule has 1 rings (SSSR count). The fourth-order valence-electron chi connectivity index (χ4n) is 2.14. The minimum absolute atomic E-state index is 0.0683. The summed E-state index contributed by atoms with van der Waals surface area (Å²) in [6.07, 6.45) is -0.000568. The van der Waals surface area contributed by atoms with E-state index in [-0.39, 0.29) is 13.0 Å². The van der Waals surface area contributed by atoms with Crippen molar-refractivity contribution in [2.75, 3.05) is 6.54 Å². The molecule has 0 unspecified atom stereocenters. The third-order valence-corrected chi connectivity index (χ3v) is 3.39. The summed E-state index contributed by atoms with van der Waals surface area (Å²) in [5.41, 5.74) is 0.246. The monoisotopic (exact) mass is 380 g/mol. The second kappa shape index (κ2) is 11.1. The van der Waals surface area contributed by atoms with Crippen LogP contribution in [0.15, 0.2) is 30.3 Å². The number of aliphatic carboxylic acids is 1. The fraction of sp³-hybridized carbons (Fsp3) is 0.526. The Morgan fingerprint density at radius 2 is 1.74 bits per heavy atom. The Balaban J connectivity index is 2.26. The number of benzene rings is 1. The first-order valence-electron chi connectivity index (χ1n) is 8.84. The Kier molecular flexibility index (Phi) is 9.12. The molecule has 0 aliphatic rings. The lowest BCUT2D eigenvalue weighted by atomic mass is 10.1. The minimum atomic E-state index is -1.13. The molecular weight excluding hydrogens is 352 g/mol. The molecule has 8 heteroatoms. The molecule has 0 fully saturated rings. The average Bonchev–Trinajstić information content (AvgIpc) is 2.57. The standard InChI is InChI=1S/C19H28N2O6/c1-19(2,3)27-17(24)20-12-8-7-11-15(16(22)23)21-18(25)26-13-14-9-5-4-6-10-14/h4-6,9-10,15H,7-8,11-13H2,1-3H3,(H,20,24)(H,21,25)(H,22,23)/t15-/m1/s1. The first-order chi connectivity index (χ1) is 12.7. The maximum Gasteiger partial charge on any atom is 0.408 e. The van der Waals surface area contributed by atoms with Crippen LogP contribution in [-0.2, 0) is 20.9 Å². The normalized spacial score (nSPS) is 12.0. The first kappa shape index (κ1) is 22.3. The van der Waals surface area contributed by atoms with Crippen molar-refractivity contribution in [3.05, 3.63) is 35.9 Å². The number of nitrogens with one attached hydrogen (secondary N) is 2. The molecular formula is C19H28N2O6. The SMILES string of the molecule is CC(C)(C)OC(=O)NCCCC[C@@H](NC(=O)OCc1ccccc1)C(=O)O. The van der Waals surface area contributed by atoms with Gasteiger partial charge < -0.3 is 25.2 Å². The van der Waals surface area contributed by atoms with Crippen LogP contribution >= 0.6 is 0 Å². The molecule has 0 saturated carbocycles. The van der Waals surface area contributed by atoms with Crippen LogP contribution in [0.25, 0.3) is 0 Å². The second-order valence-electron chi connectivity index (χ2n) is 7.02. The lowest BCUT2D eigenvalue weighted by molar-refractivity contribution is -0.139. The largest absolute Gasteiger partial charge is 0.480 e. The van der Waals surface area contributed by atoms with Crippen molar-refractivity contribution in [1.29, 1.82) is 0 Å². The highest BCUT2D eigenvalue weighted by atomic mass is 16.6. The lowest BCUT2D eigenvalue weighted by Gasteiger charge is -2.19. The number of carboxylic acid groups (broad SMARTS) is 1. The fourth-order valence-corrected chi connectivity index (χ4v) is 2.14. The number of amides is 2. The Morgan fingerprint density at radius 1 is 1.07 bits per heavy atom. The topological polar surface area (TPSA) is 114 Å². The van der Waals surface area contributed by atoms with Crippen LogP contribution < -0.4 is 10.6 Å². The number of hydrogen-bond acceptors (Lipinski definition) is 5. The van der Waals surface area contributed by atoms with Gasteiger partial charge in [0, 0.05) is 6.54 Å². The third-order valence-electron chi connectivity index (χ3n) is 3.39. The van der Waals surface area contributed by atoms with E-state index in [9.17, 15) is 19.5 Å². The Hall–Kier alpha value is -2.77. The highest BCUT2D eigenvalue weighted by molar-refractivity contribution is 5.79. The van der Waals surface area contributed by atoms with Gasteiger partial charge >= 0.3 is 18.2 Å². The predicted octanol–water partition coefficient (Wildman–Crippen LogP) is 3.06. The number of rotatable bonds is 9. The Labute approximate surface area is 159 Å². The molecule has 8 nitrogen and oxygen atoms in total. The van der Waals surface area contributed by atoms with Crippen molar-refractivity contribution >= 4 is 18.2 Å². The van der Waals surface area contributed by atoms with Crippen molar-refractivity contribution < 1.29 is 29.0 Å². The second-order valence-corrected chi connectivity index (χ2v) is 7.02. The molecule has 1 aromatic rings. The summed E-state index contributed by atoms with van der Waals surface area (Å²) in [5, 5.41) is 14.2. The van der Waals surface area contributed by atoms with Gasteiger partial charge in [0.25, 0.3) is 0 Å². The number of carboxylic acids is 1. The quantitative estimate of drug-likeness (QED) is 0.567. The van der Waals surface area contributed by atoms with Crippen molar-refractivity contribution in [2.24, 2.45) is 0 Å². The van der Waals surface area contributed by atoms with Gasteiger partial charge in [-0.15, -0.1) is 0 Å². The molecule has 0 radical (unpaired) electrons. The van der Waals surface area contributed by atoms with E-state index >= 15 is 0 Å². The molecule has 27 heavy (non-hydrogen) atoms. The zero-order chi connectivity index (χ0) is 20.3. The van der Waals surface area contributed by atoms with E-state index in [4.69, 9.17) is 9.47 Å². The summed E-state index contributed by atoms with van der Waals surface area (Å²) in [6, 6.07) is 8.06. The maximum absolute atomic E-state index is 11.8. The summed E-state index contributed by atoms with van der Waals surface area (Å²) in [6.45, 7) is 5.74. The minimum Gasteiger partial charge on any atom is -0.480 e. The molecule has 1 aromatic carbocycles. The van der Waals surface area contributed by atoms with Gasteiger partial charge in [-0.05, 0) is 45.6 Å². The van der Waals surface area contributed by atoms with Crippen LogP contribution in [0, 0.1) is 0 Å². The van der Waals surface area contributed by atoms with Crippen LogP contribution in [0.5, 0.6) is 0 Å². The van der Waals surface area contributed by atoms with Crippen LogP contribution in [0.1, 0.15) is 45.6 Å². The van der Waals surface area contributed by atoms with Crippen LogP contribution in [-0.4, -0.2) is 41.4 Å². The number of unbranched alkanes of at least 4 members (excludes halogenated alkanes) is 1. The molecule has 0 aliphatic carbocycles. The van der Waals surface area contributed by atoms with Crippen LogP contribution in [0.3, 0.4) is 0 Å². The van der Waals surface area contributed by atoms with Crippen LogP contribution in [0.2, 0.25) is 0 Å². The number of carbonyl (C=O) groups excluding carboxylic acids is 2. The molecule has 0 saturated heterocycles. The van der Waals surface area contributed by atoms with Gasteiger partial charge in [0.2, 0.25) is 0 Å². The molecule has 0 aliphatic heterocycles. The summed E-state index contributed by atoms with van der Waals surface area (Å²) in [7, 11) is 0. The van der Waals surface area contributed by atoms with Gasteiger partial charge in [-0.1, -0.05) is 30.3 Å². The van der Waals surface area contributed by atoms with Gasteiger partial charge in [0.05, 0.1) is 0 Å². The average molecular weight is 380 g/mol. The van der Waals surface area contributed by atoms with Crippen molar-refractivity contribution in [1.82, 2.24) is 10.6 Å². The highest BCUT2D eigenvalue weighted by Crippen LogP contribution is 2.07. The lowest BCUT2D eigenvalue weighted by Crippen LogP contribution is -2.41. The van der Waals surface area contributed by atoms with Gasteiger partial charge in [-0.2, -0.15) is 0 Å². The first-order valence-corrected chi connectivity index (χ1v) is 8.84. The zero-order valence-corrected chi connectivity index (χ0v) is 16.0. The number of ether oxygens (including phenoxy) is 2. The van der Waals surface area contributed by atoms with Crippen LogP contribution in [0.4, 0.5) is 9.59 Å². The molecule has 1 atom stereocenters. The van der Waals surface area contributed by atoms with Crippen molar-refractivity contribution in [2.45, 2.75) is 58.3 Å². The van der Waals surface area contributed by atoms with E-state index in [1.807, 2.05) is 18.2 Å². The molecule has 0 spiro atoms. The maximum atomic E-state index is 11.8. The Morgan fingerprint density at radius 3 is 2.33 bits per heavy atom. The molecule has 0 heterocycles. The molecule has 2 amide bonds. The van der Waals surface area contributed by atoms with E-state index in [1.54, 1.807) is 32.9 Å². The van der Waals surface area contributed by atoms with E-state index < -0.39 is 29.8 Å². The summed E-state index contributed by atoms with van der Waals surface area (Å²) < 4.78 is 10.1. The van der Waals surface area contributed by atoms with Gasteiger partial charge in [0.1, 0.15) is 18.2 Å². The zero-order valence-electron chi connectivity index (χ0n) is 16.0. The summed E-state index contributed by atoms with van der Waals surface area (Å²) in [5.74, 6) is -1.13. The van der Waals surface area contributed by atoms with E-state index in [0.29, 0.717) is 19.4 Å². The summed E-state index contributed by atoms with van der Waals surface area (Å²) >= 11 is 0. The van der Waals surface area contributed by atoms with E-state index in [0.717, 1.165) is 5.56 Å².